The third-order valence-electron chi connectivity index (χ3n) is 2.70. The minimum absolute atomic E-state index is 0.102. The average Bonchev–Trinajstić information content (AvgIpc) is 2.72. The second-order valence-corrected chi connectivity index (χ2v) is 4.72. The molecule has 2 unspecified atom stereocenters. The predicted octanol–water partition coefficient (Wildman–Crippen LogP) is 1.39. The fourth-order valence-corrected chi connectivity index (χ4v) is 2.40. The molecule has 0 spiro atoms. The van der Waals surface area contributed by atoms with Crippen LogP contribution in [0.3, 0.4) is 0 Å². The number of rotatable bonds is 2. The van der Waals surface area contributed by atoms with Gasteiger partial charge in [0, 0.05) is 7.05 Å². The third-order valence-corrected chi connectivity index (χ3v) is 3.26. The maximum Gasteiger partial charge on any atom is 0.154 e. The van der Waals surface area contributed by atoms with Crippen LogP contribution in [-0.2, 0) is 16.6 Å². The number of halogens is 1. The summed E-state index contributed by atoms with van der Waals surface area (Å²) in [5, 5.41) is 7.78. The van der Waals surface area contributed by atoms with Crippen LogP contribution in [0.15, 0.2) is 4.60 Å². The molecule has 0 amide bonds. The molecular weight excluding hydrogens is 262 g/mol. The molecule has 1 aromatic rings. The Morgan fingerprint density at radius 1 is 1.73 bits per heavy atom. The summed E-state index contributed by atoms with van der Waals surface area (Å²) in [4.78, 5) is 10.8. The molecule has 1 fully saturated rings. The van der Waals surface area contributed by atoms with Gasteiger partial charge in [0.05, 0.1) is 0 Å². The number of hydrogen-bond donors (Lipinski definition) is 0. The van der Waals surface area contributed by atoms with Gasteiger partial charge in [-0.05, 0) is 35.7 Å². The van der Waals surface area contributed by atoms with E-state index in [1.54, 1.807) is 11.6 Å². The van der Waals surface area contributed by atoms with Gasteiger partial charge in [0.1, 0.15) is 17.4 Å². The highest BCUT2D eigenvalue weighted by atomic mass is 79.9. The van der Waals surface area contributed by atoms with Crippen molar-refractivity contribution in [3.8, 4) is 0 Å². The lowest BCUT2D eigenvalue weighted by Gasteiger charge is -2.17. The highest BCUT2D eigenvalue weighted by Crippen LogP contribution is 2.39. The molecule has 0 bridgehead atoms. The van der Waals surface area contributed by atoms with Crippen molar-refractivity contribution in [3.05, 3.63) is 10.3 Å². The first-order chi connectivity index (χ1) is 7.06. The Kier molecular flexibility index (Phi) is 2.64. The van der Waals surface area contributed by atoms with E-state index in [0.29, 0.717) is 4.60 Å². The molecule has 0 N–H and O–H groups in total. The Morgan fingerprint density at radius 2 is 2.47 bits per heavy atom. The number of nitrogens with zero attached hydrogens (tertiary/aromatic N) is 3. The summed E-state index contributed by atoms with van der Waals surface area (Å²) in [6.45, 7) is 1.80. The Balaban J connectivity index is 2.25. The number of aromatic nitrogens is 3. The average molecular weight is 274 g/mol. The van der Waals surface area contributed by atoms with Crippen LogP contribution < -0.4 is 0 Å². The molecule has 0 aromatic carbocycles. The zero-order valence-corrected chi connectivity index (χ0v) is 10.2. The van der Waals surface area contributed by atoms with Gasteiger partial charge >= 0.3 is 0 Å². The highest BCUT2D eigenvalue weighted by Gasteiger charge is 2.38. The van der Waals surface area contributed by atoms with E-state index in [9.17, 15) is 4.79 Å². The summed E-state index contributed by atoms with van der Waals surface area (Å²) in [6.07, 6.45) is 2.31. The van der Waals surface area contributed by atoms with Crippen LogP contribution in [-0.4, -0.2) is 26.9 Å². The van der Waals surface area contributed by atoms with Crippen LogP contribution in [0.2, 0.25) is 0 Å². The van der Waals surface area contributed by atoms with Crippen molar-refractivity contribution >= 4 is 22.2 Å². The SMILES string of the molecule is Cn1nnc(Br)c1C1CCC(C)(C=O)O1. The predicted molar refractivity (Wildman–Crippen MR) is 56.2 cm³/mol. The minimum Gasteiger partial charge on any atom is -0.358 e. The van der Waals surface area contributed by atoms with Gasteiger partial charge in [-0.3, -0.25) is 0 Å². The molecular formula is C9H12BrN3O2. The lowest BCUT2D eigenvalue weighted by molar-refractivity contribution is -0.128. The maximum atomic E-state index is 10.8. The molecule has 15 heavy (non-hydrogen) atoms. The van der Waals surface area contributed by atoms with E-state index in [1.165, 1.54) is 0 Å². The monoisotopic (exact) mass is 273 g/mol. The van der Waals surface area contributed by atoms with Gasteiger partial charge in [0.25, 0.3) is 0 Å². The summed E-state index contributed by atoms with van der Waals surface area (Å²) < 4.78 is 8.06. The van der Waals surface area contributed by atoms with Gasteiger partial charge in [0.15, 0.2) is 10.9 Å². The number of hydrogen-bond acceptors (Lipinski definition) is 4. The smallest absolute Gasteiger partial charge is 0.154 e. The normalized spacial score (nSPS) is 30.7. The van der Waals surface area contributed by atoms with Crippen molar-refractivity contribution in [3.63, 3.8) is 0 Å². The molecule has 0 radical (unpaired) electrons. The Labute approximate surface area is 95.9 Å². The number of aryl methyl sites for hydroxylation is 1. The fourth-order valence-electron chi connectivity index (χ4n) is 1.82. The van der Waals surface area contributed by atoms with Crippen molar-refractivity contribution in [1.29, 1.82) is 0 Å². The molecule has 0 saturated carbocycles. The quantitative estimate of drug-likeness (QED) is 0.765. The first kappa shape index (κ1) is 10.8. The zero-order valence-electron chi connectivity index (χ0n) is 8.61. The van der Waals surface area contributed by atoms with Gasteiger partial charge in [0.2, 0.25) is 0 Å². The minimum atomic E-state index is -0.658. The van der Waals surface area contributed by atoms with Crippen molar-refractivity contribution in [1.82, 2.24) is 15.0 Å². The molecule has 2 rings (SSSR count). The third kappa shape index (κ3) is 1.83. The molecule has 5 nitrogen and oxygen atoms in total. The van der Waals surface area contributed by atoms with E-state index < -0.39 is 5.60 Å². The van der Waals surface area contributed by atoms with E-state index in [2.05, 4.69) is 26.2 Å². The maximum absolute atomic E-state index is 10.8. The summed E-state index contributed by atoms with van der Waals surface area (Å²) in [7, 11) is 1.81. The Bertz CT molecular complexity index is 373. The van der Waals surface area contributed by atoms with Crippen molar-refractivity contribution < 1.29 is 9.53 Å². The van der Waals surface area contributed by atoms with E-state index in [4.69, 9.17) is 4.74 Å². The summed E-state index contributed by atoms with van der Waals surface area (Å²) in [5.41, 5.74) is 0.231. The molecule has 6 heteroatoms. The van der Waals surface area contributed by atoms with Gasteiger partial charge < -0.3 is 9.53 Å². The second-order valence-electron chi connectivity index (χ2n) is 3.96. The molecule has 2 heterocycles. The van der Waals surface area contributed by atoms with Gasteiger partial charge in [-0.15, -0.1) is 5.10 Å². The van der Waals surface area contributed by atoms with Crippen LogP contribution in [0.5, 0.6) is 0 Å². The van der Waals surface area contributed by atoms with E-state index >= 15 is 0 Å². The van der Waals surface area contributed by atoms with Crippen molar-refractivity contribution in [2.24, 2.45) is 7.05 Å². The van der Waals surface area contributed by atoms with E-state index in [0.717, 1.165) is 24.8 Å². The summed E-state index contributed by atoms with van der Waals surface area (Å²) in [6, 6.07) is 0. The van der Waals surface area contributed by atoms with Crippen LogP contribution in [0.1, 0.15) is 31.6 Å². The first-order valence-corrected chi connectivity index (χ1v) is 5.54. The highest BCUT2D eigenvalue weighted by molar-refractivity contribution is 9.10. The summed E-state index contributed by atoms with van der Waals surface area (Å²) in [5.74, 6) is 0. The summed E-state index contributed by atoms with van der Waals surface area (Å²) >= 11 is 3.32. The topological polar surface area (TPSA) is 57.0 Å². The van der Waals surface area contributed by atoms with E-state index in [1.807, 2.05) is 7.05 Å². The van der Waals surface area contributed by atoms with Gasteiger partial charge in [-0.2, -0.15) is 0 Å². The van der Waals surface area contributed by atoms with Crippen LogP contribution in [0.25, 0.3) is 0 Å². The second kappa shape index (κ2) is 3.68. The standard InChI is InChI=1S/C9H12BrN3O2/c1-9(5-14)4-3-6(15-9)7-8(10)11-12-13(7)2/h5-6H,3-4H2,1-2H3. The number of ether oxygens (including phenoxy) is 1. The first-order valence-electron chi connectivity index (χ1n) is 4.75. The molecule has 1 saturated heterocycles. The fraction of sp³-hybridized carbons (Fsp3) is 0.667. The van der Waals surface area contributed by atoms with Gasteiger partial charge in [-0.25, -0.2) is 4.68 Å². The Hall–Kier alpha value is -0.750. The lowest BCUT2D eigenvalue weighted by atomic mass is 10.0. The molecule has 82 valence electrons. The van der Waals surface area contributed by atoms with Crippen molar-refractivity contribution in [2.45, 2.75) is 31.5 Å². The molecule has 2 atom stereocenters. The Morgan fingerprint density at radius 3 is 2.93 bits per heavy atom. The molecule has 1 aliphatic rings. The van der Waals surface area contributed by atoms with Crippen LogP contribution >= 0.6 is 15.9 Å². The molecule has 0 aliphatic carbocycles. The van der Waals surface area contributed by atoms with Crippen molar-refractivity contribution in [2.75, 3.05) is 0 Å². The molecule has 1 aromatic heterocycles. The number of aldehydes is 1. The largest absolute Gasteiger partial charge is 0.358 e. The van der Waals surface area contributed by atoms with Crippen LogP contribution in [0.4, 0.5) is 0 Å². The van der Waals surface area contributed by atoms with Crippen LogP contribution in [0, 0.1) is 0 Å². The number of carbonyl (C=O) groups is 1. The van der Waals surface area contributed by atoms with E-state index in [-0.39, 0.29) is 6.10 Å². The zero-order chi connectivity index (χ0) is 11.1. The lowest BCUT2D eigenvalue weighted by Crippen LogP contribution is -2.25. The number of carbonyl (C=O) groups excluding carboxylic acids is 1. The van der Waals surface area contributed by atoms with Gasteiger partial charge in [-0.1, -0.05) is 5.21 Å². The molecule has 1 aliphatic heterocycles.